The summed E-state index contributed by atoms with van der Waals surface area (Å²) in [5.74, 6) is -2.62. The van der Waals surface area contributed by atoms with Crippen molar-refractivity contribution in [1.29, 1.82) is 0 Å². The minimum absolute atomic E-state index is 0.109. The highest BCUT2D eigenvalue weighted by Crippen LogP contribution is 2.74. The van der Waals surface area contributed by atoms with Gasteiger partial charge in [0.2, 0.25) is 11.8 Å². The molecule has 218 valence electrons. The van der Waals surface area contributed by atoms with Gasteiger partial charge in [0.05, 0.1) is 28.4 Å². The zero-order chi connectivity index (χ0) is 30.9. The summed E-state index contributed by atoms with van der Waals surface area (Å²) in [4.78, 5) is 47.4. The third kappa shape index (κ3) is 3.40. The Morgan fingerprint density at radius 2 is 0.911 bits per heavy atom. The van der Waals surface area contributed by atoms with Crippen molar-refractivity contribution in [3.63, 3.8) is 0 Å². The number of imide groups is 1. The van der Waals surface area contributed by atoms with Crippen LogP contribution in [0.2, 0.25) is 0 Å². The number of allylic oxidation sites excluding steroid dienone is 2. The van der Waals surface area contributed by atoms with Crippen LogP contribution < -0.4 is 4.90 Å². The molecule has 45 heavy (non-hydrogen) atoms. The minimum atomic E-state index is -1.39. The fourth-order valence-corrected chi connectivity index (χ4v) is 8.63. The lowest BCUT2D eigenvalue weighted by Gasteiger charge is -2.39. The van der Waals surface area contributed by atoms with Gasteiger partial charge in [0.1, 0.15) is 0 Å². The molecule has 4 heteroatoms. The molecule has 1 saturated carbocycles. The van der Waals surface area contributed by atoms with Crippen molar-refractivity contribution in [2.24, 2.45) is 11.8 Å². The van der Waals surface area contributed by atoms with E-state index in [4.69, 9.17) is 0 Å². The normalized spacial score (nSPS) is 25.3. The maximum absolute atomic E-state index is 15.9. The predicted octanol–water partition coefficient (Wildman–Crippen LogP) is 7.49. The maximum atomic E-state index is 15.9. The second-order valence-corrected chi connectivity index (χ2v) is 12.4. The Balaban J connectivity index is 1.55. The summed E-state index contributed by atoms with van der Waals surface area (Å²) in [5.41, 5.74) is 4.49. The number of carbonyl (C=O) groups excluding carboxylic acids is 3. The Hall–Kier alpha value is -5.35. The van der Waals surface area contributed by atoms with E-state index in [2.05, 4.69) is 0 Å². The second kappa shape index (κ2) is 9.83. The molecule has 5 aromatic rings. The third-order valence-corrected chi connectivity index (χ3v) is 10.2. The van der Waals surface area contributed by atoms with Gasteiger partial charge in [0, 0.05) is 0 Å². The summed E-state index contributed by atoms with van der Waals surface area (Å²) in [6.07, 6.45) is 0. The molecule has 0 aromatic heterocycles. The average molecular weight is 586 g/mol. The molecule has 2 amide bonds. The first-order valence-corrected chi connectivity index (χ1v) is 15.4. The van der Waals surface area contributed by atoms with E-state index >= 15 is 14.4 Å². The molecule has 5 aromatic carbocycles. The summed E-state index contributed by atoms with van der Waals surface area (Å²) in [7, 11) is 0. The number of fused-ring (bicyclic) bond motifs is 5. The van der Waals surface area contributed by atoms with Crippen molar-refractivity contribution in [3.8, 4) is 0 Å². The molecule has 0 unspecified atom stereocenters. The fraction of sp³-hybridized carbons (Fsp3) is 0.146. The standard InChI is InChI=1S/C41H31NO3/c1-26-23-24-32(27(2)25-26)42-37(43)35-36(38(42)44)41(31-21-13-6-14-22-31)34(29-17-9-4-10-18-29)33(28-15-7-3-8-16-28)40(35,39(41)45)30-19-11-5-12-20-30/h3-25,35-36H,1-2H3/t35-,36+,40-,41-/m0/s1. The van der Waals surface area contributed by atoms with E-state index in [0.717, 1.165) is 44.5 Å². The number of ketones is 1. The number of Topliss-reactive ketones (excluding diaryl/α,β-unsaturated/α-hetero) is 1. The lowest BCUT2D eigenvalue weighted by molar-refractivity contribution is -0.130. The van der Waals surface area contributed by atoms with Crippen molar-refractivity contribution >= 4 is 34.4 Å². The van der Waals surface area contributed by atoms with Crippen molar-refractivity contribution in [1.82, 2.24) is 0 Å². The van der Waals surface area contributed by atoms with Gasteiger partial charge >= 0.3 is 0 Å². The van der Waals surface area contributed by atoms with E-state index in [1.54, 1.807) is 0 Å². The number of carbonyl (C=O) groups is 3. The van der Waals surface area contributed by atoms with Gasteiger partial charge in [0.15, 0.2) is 5.78 Å². The van der Waals surface area contributed by atoms with Crippen LogP contribution in [0.5, 0.6) is 0 Å². The molecule has 4 atom stereocenters. The van der Waals surface area contributed by atoms with Gasteiger partial charge in [-0.05, 0) is 58.9 Å². The van der Waals surface area contributed by atoms with Crippen LogP contribution in [0.4, 0.5) is 5.69 Å². The van der Waals surface area contributed by atoms with Crippen LogP contribution in [0.15, 0.2) is 140 Å². The van der Waals surface area contributed by atoms with Crippen LogP contribution in [0.3, 0.4) is 0 Å². The van der Waals surface area contributed by atoms with Gasteiger partial charge in [-0.2, -0.15) is 0 Å². The maximum Gasteiger partial charge on any atom is 0.239 e. The molecular weight excluding hydrogens is 554 g/mol. The first-order valence-electron chi connectivity index (χ1n) is 15.4. The van der Waals surface area contributed by atoms with Crippen molar-refractivity contribution < 1.29 is 14.4 Å². The molecule has 0 N–H and O–H groups in total. The van der Waals surface area contributed by atoms with Crippen LogP contribution >= 0.6 is 0 Å². The topological polar surface area (TPSA) is 54.5 Å². The van der Waals surface area contributed by atoms with Gasteiger partial charge in [0.25, 0.3) is 0 Å². The van der Waals surface area contributed by atoms with Crippen molar-refractivity contribution in [2.45, 2.75) is 24.7 Å². The van der Waals surface area contributed by atoms with E-state index in [-0.39, 0.29) is 17.6 Å². The van der Waals surface area contributed by atoms with E-state index in [9.17, 15) is 0 Å². The van der Waals surface area contributed by atoms with Gasteiger partial charge < -0.3 is 0 Å². The van der Waals surface area contributed by atoms with Gasteiger partial charge in [-0.1, -0.05) is 139 Å². The molecule has 4 nitrogen and oxygen atoms in total. The first kappa shape index (κ1) is 27.2. The number of amides is 2. The molecule has 2 aliphatic carbocycles. The molecule has 3 aliphatic rings. The quantitative estimate of drug-likeness (QED) is 0.201. The predicted molar refractivity (Wildman–Crippen MR) is 176 cm³/mol. The number of benzene rings is 5. The SMILES string of the molecule is Cc1ccc(N2C(=O)[C@@H]3[C@H](C2=O)[C@@]2(c4ccccc4)C(=O)[C@@]3(c3ccccc3)C(c3ccccc3)=C2c2ccccc2)c(C)c1. The Labute approximate surface area is 262 Å². The van der Waals surface area contributed by atoms with Crippen LogP contribution in [0, 0.1) is 25.7 Å². The number of aryl methyl sites for hydroxylation is 2. The highest BCUT2D eigenvalue weighted by Gasteiger charge is 2.82. The first-order chi connectivity index (χ1) is 21.9. The summed E-state index contributed by atoms with van der Waals surface area (Å²) in [6, 6.07) is 45.0. The lowest BCUT2D eigenvalue weighted by atomic mass is 9.59. The molecule has 1 heterocycles. The highest BCUT2D eigenvalue weighted by molar-refractivity contribution is 6.39. The van der Waals surface area contributed by atoms with Crippen LogP contribution in [-0.2, 0) is 25.2 Å². The van der Waals surface area contributed by atoms with Gasteiger partial charge in [-0.3, -0.25) is 14.4 Å². The lowest BCUT2D eigenvalue weighted by Crippen LogP contribution is -2.45. The minimum Gasteiger partial charge on any atom is -0.297 e. The Kier molecular flexibility index (Phi) is 5.95. The Bertz CT molecular complexity index is 1910. The number of anilines is 1. The van der Waals surface area contributed by atoms with Crippen LogP contribution in [0.1, 0.15) is 33.4 Å². The molecule has 1 aliphatic heterocycles. The summed E-state index contributed by atoms with van der Waals surface area (Å²) >= 11 is 0. The van der Waals surface area contributed by atoms with Gasteiger partial charge in [-0.15, -0.1) is 0 Å². The highest BCUT2D eigenvalue weighted by atomic mass is 16.2. The monoisotopic (exact) mass is 585 g/mol. The van der Waals surface area contributed by atoms with Crippen molar-refractivity contribution in [3.05, 3.63) is 173 Å². The van der Waals surface area contributed by atoms with E-state index < -0.39 is 22.7 Å². The largest absolute Gasteiger partial charge is 0.297 e. The molecule has 1 saturated heterocycles. The van der Waals surface area contributed by atoms with Crippen LogP contribution in [0.25, 0.3) is 11.1 Å². The van der Waals surface area contributed by atoms with Crippen LogP contribution in [-0.4, -0.2) is 17.6 Å². The number of rotatable bonds is 5. The molecule has 0 spiro atoms. The molecule has 2 fully saturated rings. The van der Waals surface area contributed by atoms with E-state index in [0.29, 0.717) is 5.69 Å². The Morgan fingerprint density at radius 1 is 0.511 bits per heavy atom. The summed E-state index contributed by atoms with van der Waals surface area (Å²) in [6.45, 7) is 3.93. The molecule has 2 bridgehead atoms. The van der Waals surface area contributed by atoms with E-state index in [1.165, 1.54) is 4.90 Å². The second-order valence-electron chi connectivity index (χ2n) is 12.4. The smallest absolute Gasteiger partial charge is 0.239 e. The zero-order valence-corrected chi connectivity index (χ0v) is 25.1. The van der Waals surface area contributed by atoms with Crippen molar-refractivity contribution in [2.75, 3.05) is 4.90 Å². The molecule has 8 rings (SSSR count). The third-order valence-electron chi connectivity index (χ3n) is 10.2. The Morgan fingerprint density at radius 3 is 1.31 bits per heavy atom. The van der Waals surface area contributed by atoms with Gasteiger partial charge in [-0.25, -0.2) is 4.90 Å². The zero-order valence-electron chi connectivity index (χ0n) is 25.1. The fourth-order valence-electron chi connectivity index (χ4n) is 8.63. The summed E-state index contributed by atoms with van der Waals surface area (Å²) in [5, 5.41) is 0. The molecular formula is C41H31NO3. The molecule has 0 radical (unpaired) electrons. The number of nitrogens with zero attached hydrogens (tertiary/aromatic N) is 1. The number of hydrogen-bond donors (Lipinski definition) is 0. The average Bonchev–Trinajstić information content (AvgIpc) is 3.58. The summed E-state index contributed by atoms with van der Waals surface area (Å²) < 4.78 is 0. The van der Waals surface area contributed by atoms with E-state index in [1.807, 2.05) is 153 Å². The number of hydrogen-bond acceptors (Lipinski definition) is 3.